The molecule has 0 unspecified atom stereocenters. The van der Waals surface area contributed by atoms with Crippen molar-refractivity contribution in [3.63, 3.8) is 0 Å². The first-order valence-electron chi connectivity index (χ1n) is 23.7. The van der Waals surface area contributed by atoms with Crippen LogP contribution in [0.25, 0.3) is 88.4 Å². The Morgan fingerprint density at radius 3 is 1.37 bits per heavy atom. The number of anilines is 3. The van der Waals surface area contributed by atoms with Crippen LogP contribution in [0.1, 0.15) is 72.2 Å². The van der Waals surface area contributed by atoms with Crippen molar-refractivity contribution >= 4 is 60.9 Å². The van der Waals surface area contributed by atoms with Gasteiger partial charge in [0, 0.05) is 60.6 Å². The number of rotatable bonds is 5. The highest BCUT2D eigenvalue weighted by atomic mass is 16.3. The Balaban J connectivity index is 1.01. The SMILES string of the molecule is Cc1ccc(N(c2ccc3c(c2)C(C)(C)c2cc(-c4ccccc4)c4oc5ccccc5c4c2-3)c2ccc3c(c2)C(C)(C)c2cc(-c4c(C)cc(C)cc4C)c4oc5ccccc5c4c2-3)cc1. The summed E-state index contributed by atoms with van der Waals surface area (Å²) in [6.45, 7) is 18.4. The zero-order valence-electron chi connectivity index (χ0n) is 39.4. The fourth-order valence-corrected chi connectivity index (χ4v) is 12.2. The van der Waals surface area contributed by atoms with Crippen LogP contribution in [0.2, 0.25) is 0 Å². The molecule has 0 bridgehead atoms. The summed E-state index contributed by atoms with van der Waals surface area (Å²) in [5.41, 5.74) is 26.7. The molecule has 67 heavy (non-hydrogen) atoms. The van der Waals surface area contributed by atoms with E-state index in [0.29, 0.717) is 0 Å². The van der Waals surface area contributed by atoms with Gasteiger partial charge in [0.25, 0.3) is 0 Å². The molecule has 0 saturated heterocycles. The van der Waals surface area contributed by atoms with E-state index in [1.54, 1.807) is 0 Å². The molecule has 3 nitrogen and oxygen atoms in total. The molecule has 3 heteroatoms. The van der Waals surface area contributed by atoms with Crippen LogP contribution in [-0.4, -0.2) is 0 Å². The van der Waals surface area contributed by atoms with Crippen molar-refractivity contribution < 1.29 is 8.83 Å². The molecule has 9 aromatic carbocycles. The summed E-state index contributed by atoms with van der Waals surface area (Å²) >= 11 is 0. The van der Waals surface area contributed by atoms with Gasteiger partial charge in [-0.25, -0.2) is 0 Å². The molecule has 0 aliphatic heterocycles. The topological polar surface area (TPSA) is 29.5 Å². The summed E-state index contributed by atoms with van der Waals surface area (Å²) in [6, 6.07) is 60.6. The molecular formula is C64H51NO2. The predicted octanol–water partition coefficient (Wildman–Crippen LogP) is 18.1. The number of nitrogens with zero attached hydrogens (tertiary/aromatic N) is 1. The maximum atomic E-state index is 6.91. The van der Waals surface area contributed by atoms with E-state index < -0.39 is 0 Å². The summed E-state index contributed by atoms with van der Waals surface area (Å²) in [5.74, 6) is 0. The monoisotopic (exact) mass is 865 g/mol. The molecule has 0 amide bonds. The van der Waals surface area contributed by atoms with Crippen LogP contribution < -0.4 is 4.90 Å². The Bertz CT molecular complexity index is 3870. The van der Waals surface area contributed by atoms with Crippen molar-refractivity contribution in [1.29, 1.82) is 0 Å². The third-order valence-electron chi connectivity index (χ3n) is 15.4. The van der Waals surface area contributed by atoms with Crippen LogP contribution in [0.4, 0.5) is 17.1 Å². The van der Waals surface area contributed by atoms with Crippen molar-refractivity contribution in [2.24, 2.45) is 0 Å². The lowest BCUT2D eigenvalue weighted by atomic mass is 9.80. The first kappa shape index (κ1) is 39.7. The second kappa shape index (κ2) is 14.0. The molecule has 13 rings (SSSR count). The molecule has 324 valence electrons. The molecular weight excluding hydrogens is 815 g/mol. The standard InChI is InChI=1S/C64H51NO2/c1-36-22-24-41(25-23-36)65(42-26-28-44-50(32-42)63(5,6)52-34-48(40-16-10-9-11-17-40)61-59(57(44)52)46-18-12-14-20-54(46)66-61)43-27-29-45-51(33-43)64(7,8)53-35-49(56-38(3)30-37(2)31-39(56)4)62-60(58(45)53)47-19-13-15-21-55(47)67-62/h9-35H,1-8H3. The van der Waals surface area contributed by atoms with E-state index in [-0.39, 0.29) is 10.8 Å². The lowest BCUT2D eigenvalue weighted by Gasteiger charge is -2.30. The van der Waals surface area contributed by atoms with Gasteiger partial charge in [0.05, 0.1) is 0 Å². The van der Waals surface area contributed by atoms with Gasteiger partial charge in [0.1, 0.15) is 22.3 Å². The number of hydrogen-bond acceptors (Lipinski definition) is 3. The highest BCUT2D eigenvalue weighted by molar-refractivity contribution is 6.20. The Morgan fingerprint density at radius 1 is 0.373 bits per heavy atom. The third-order valence-corrected chi connectivity index (χ3v) is 15.4. The van der Waals surface area contributed by atoms with E-state index in [2.05, 4.69) is 224 Å². The molecule has 0 saturated carbocycles. The number of fused-ring (bicyclic) bond motifs is 14. The first-order valence-corrected chi connectivity index (χ1v) is 23.7. The van der Waals surface area contributed by atoms with Crippen LogP contribution in [0.3, 0.4) is 0 Å². The van der Waals surface area contributed by atoms with Gasteiger partial charge in [-0.05, 0) is 155 Å². The Morgan fingerprint density at radius 2 is 0.836 bits per heavy atom. The molecule has 11 aromatic rings. The number of furan rings is 2. The molecule has 2 aromatic heterocycles. The molecule has 2 aliphatic carbocycles. The number of para-hydroxylation sites is 2. The van der Waals surface area contributed by atoms with Crippen molar-refractivity contribution in [2.75, 3.05) is 4.90 Å². The minimum atomic E-state index is -0.301. The second-order valence-electron chi connectivity index (χ2n) is 20.3. The van der Waals surface area contributed by atoms with E-state index in [4.69, 9.17) is 8.83 Å². The maximum Gasteiger partial charge on any atom is 0.143 e. The van der Waals surface area contributed by atoms with Crippen molar-refractivity contribution in [3.05, 3.63) is 208 Å². The van der Waals surface area contributed by atoms with Gasteiger partial charge >= 0.3 is 0 Å². The van der Waals surface area contributed by atoms with Crippen molar-refractivity contribution in [2.45, 2.75) is 66.2 Å². The van der Waals surface area contributed by atoms with E-state index in [9.17, 15) is 0 Å². The van der Waals surface area contributed by atoms with Crippen LogP contribution >= 0.6 is 0 Å². The van der Waals surface area contributed by atoms with Gasteiger partial charge in [0.2, 0.25) is 0 Å². The van der Waals surface area contributed by atoms with Crippen molar-refractivity contribution in [3.8, 4) is 44.5 Å². The zero-order chi connectivity index (χ0) is 45.7. The average molecular weight is 866 g/mol. The summed E-state index contributed by atoms with van der Waals surface area (Å²) in [4.78, 5) is 2.46. The Labute approximate surface area is 391 Å². The van der Waals surface area contributed by atoms with Gasteiger partial charge in [-0.3, -0.25) is 0 Å². The minimum absolute atomic E-state index is 0.290. The number of hydrogen-bond donors (Lipinski definition) is 0. The highest BCUT2D eigenvalue weighted by Gasteiger charge is 2.41. The largest absolute Gasteiger partial charge is 0.455 e. The molecule has 0 fully saturated rings. The van der Waals surface area contributed by atoms with Crippen LogP contribution in [0.5, 0.6) is 0 Å². The normalized spacial score (nSPS) is 14.2. The fraction of sp³-hybridized carbons (Fsp3) is 0.156. The first-order chi connectivity index (χ1) is 32.4. The minimum Gasteiger partial charge on any atom is -0.455 e. The fourth-order valence-electron chi connectivity index (χ4n) is 12.2. The summed E-state index contributed by atoms with van der Waals surface area (Å²) in [6.07, 6.45) is 0. The molecule has 0 radical (unpaired) electrons. The van der Waals surface area contributed by atoms with Crippen LogP contribution in [0, 0.1) is 27.7 Å². The van der Waals surface area contributed by atoms with E-state index >= 15 is 0 Å². The van der Waals surface area contributed by atoms with Gasteiger partial charge in [-0.15, -0.1) is 0 Å². The Kier molecular flexibility index (Phi) is 8.27. The van der Waals surface area contributed by atoms with E-state index in [0.717, 1.165) is 61.3 Å². The van der Waals surface area contributed by atoms with E-state index in [1.807, 2.05) is 0 Å². The summed E-state index contributed by atoms with van der Waals surface area (Å²) in [7, 11) is 0. The van der Waals surface area contributed by atoms with Gasteiger partial charge < -0.3 is 13.7 Å². The predicted molar refractivity (Wildman–Crippen MR) is 281 cm³/mol. The summed E-state index contributed by atoms with van der Waals surface area (Å²) < 4.78 is 13.7. The van der Waals surface area contributed by atoms with Gasteiger partial charge in [0.15, 0.2) is 0 Å². The number of benzene rings is 9. The molecule has 0 atom stereocenters. The molecule has 2 heterocycles. The van der Waals surface area contributed by atoms with Crippen LogP contribution in [0.15, 0.2) is 173 Å². The zero-order valence-corrected chi connectivity index (χ0v) is 39.4. The average Bonchev–Trinajstić information content (AvgIpc) is 4.02. The van der Waals surface area contributed by atoms with Gasteiger partial charge in [-0.1, -0.05) is 142 Å². The lowest BCUT2D eigenvalue weighted by molar-refractivity contribution is 0.657. The van der Waals surface area contributed by atoms with Crippen LogP contribution in [-0.2, 0) is 10.8 Å². The Hall–Kier alpha value is -7.62. The number of aryl methyl sites for hydroxylation is 4. The molecule has 0 spiro atoms. The quantitative estimate of drug-likeness (QED) is 0.173. The molecule has 2 aliphatic rings. The smallest absolute Gasteiger partial charge is 0.143 e. The van der Waals surface area contributed by atoms with Crippen molar-refractivity contribution in [1.82, 2.24) is 0 Å². The highest BCUT2D eigenvalue weighted by Crippen LogP contribution is 2.59. The third kappa shape index (κ3) is 5.58. The second-order valence-corrected chi connectivity index (χ2v) is 20.3. The van der Waals surface area contributed by atoms with Gasteiger partial charge in [-0.2, -0.15) is 0 Å². The summed E-state index contributed by atoms with van der Waals surface area (Å²) in [5, 5.41) is 4.70. The molecule has 0 N–H and O–H groups in total. The lowest BCUT2D eigenvalue weighted by Crippen LogP contribution is -2.18. The van der Waals surface area contributed by atoms with E-state index in [1.165, 1.54) is 88.7 Å². The maximum absolute atomic E-state index is 6.91.